The van der Waals surface area contributed by atoms with Crippen LogP contribution in [0, 0.1) is 13.8 Å². The van der Waals surface area contributed by atoms with Gasteiger partial charge in [-0.2, -0.15) is 9.97 Å². The minimum atomic E-state index is 0.210. The Morgan fingerprint density at radius 1 is 0.650 bits per heavy atom. The summed E-state index contributed by atoms with van der Waals surface area (Å²) in [6.07, 6.45) is 0. The van der Waals surface area contributed by atoms with Crippen LogP contribution < -0.4 is 22.1 Å². The number of hydrogen-bond donors (Lipinski definition) is 6. The molecule has 2 aromatic carbocycles. The fraction of sp³-hybridized carbons (Fsp3) is 0.286. The molecule has 0 amide bonds. The lowest BCUT2D eigenvalue weighted by Gasteiger charge is -2.35. The molecule has 0 spiro atoms. The normalized spacial score (nSPS) is 14.2. The Bertz CT molecular complexity index is 1350. The molecule has 1 saturated heterocycles. The van der Waals surface area contributed by atoms with Crippen LogP contribution >= 0.6 is 0 Å². The summed E-state index contributed by atoms with van der Waals surface area (Å²) in [5, 5.41) is 27.5. The Balaban J connectivity index is 1.18. The summed E-state index contributed by atoms with van der Waals surface area (Å²) >= 11 is 0. The highest BCUT2D eigenvalue weighted by atomic mass is 16.3. The summed E-state index contributed by atoms with van der Waals surface area (Å²) in [6, 6.07) is 14.5. The molecular weight excluding hydrogens is 508 g/mol. The molecule has 1 fully saturated rings. The molecule has 0 aliphatic carbocycles. The molecule has 3 heterocycles. The predicted octanol–water partition coefficient (Wildman–Crippen LogP) is 3.26. The number of nitrogens with zero attached hydrogens (tertiary/aromatic N) is 6. The number of anilines is 6. The average Bonchev–Trinajstić information content (AvgIpc) is 2.88. The lowest BCUT2D eigenvalue weighted by atomic mass is 10.1. The number of hydrogen-bond acceptors (Lipinski definition) is 12. The second-order valence-electron chi connectivity index (χ2n) is 9.99. The van der Waals surface area contributed by atoms with Crippen LogP contribution in [0.15, 0.2) is 48.5 Å². The molecule has 208 valence electrons. The molecule has 2 aromatic heterocycles. The zero-order valence-electron chi connectivity index (χ0n) is 22.6. The largest absolute Gasteiger partial charge is 0.508 e. The molecule has 1 aliphatic heterocycles. The van der Waals surface area contributed by atoms with E-state index in [1.54, 1.807) is 24.3 Å². The van der Waals surface area contributed by atoms with Gasteiger partial charge in [0.1, 0.15) is 23.1 Å². The summed E-state index contributed by atoms with van der Waals surface area (Å²) in [5.74, 6) is 2.13. The second-order valence-corrected chi connectivity index (χ2v) is 9.99. The molecule has 8 N–H and O–H groups in total. The zero-order chi connectivity index (χ0) is 28.2. The number of aromatic hydroxyl groups is 2. The number of phenols is 2. The smallest absolute Gasteiger partial charge is 0.222 e. The summed E-state index contributed by atoms with van der Waals surface area (Å²) in [4.78, 5) is 21.3. The SMILES string of the molecule is Cc1cc(Nc2ccc(O)c(CN3CCN(Cc4cc(Nc5cc(C)nc(N)n5)ccc4O)CC3)c2)nc(N)n1. The van der Waals surface area contributed by atoms with Crippen molar-refractivity contribution < 1.29 is 10.2 Å². The third-order valence-corrected chi connectivity index (χ3v) is 6.70. The van der Waals surface area contributed by atoms with Crippen LogP contribution in [0.5, 0.6) is 11.5 Å². The number of nitrogen functional groups attached to an aromatic ring is 2. The molecular formula is C28H34N10O2. The summed E-state index contributed by atoms with van der Waals surface area (Å²) in [5.41, 5.74) is 16.4. The fourth-order valence-electron chi connectivity index (χ4n) is 4.77. The highest BCUT2D eigenvalue weighted by Crippen LogP contribution is 2.28. The highest BCUT2D eigenvalue weighted by molar-refractivity contribution is 5.61. The number of aryl methyl sites for hydroxylation is 2. The van der Waals surface area contributed by atoms with Crippen LogP contribution in [0.2, 0.25) is 0 Å². The van der Waals surface area contributed by atoms with Crippen LogP contribution in [0.25, 0.3) is 0 Å². The van der Waals surface area contributed by atoms with Crippen LogP contribution in [0.1, 0.15) is 22.5 Å². The van der Waals surface area contributed by atoms with Crippen molar-refractivity contribution >= 4 is 34.9 Å². The van der Waals surface area contributed by atoms with Crippen LogP contribution in [0.3, 0.4) is 0 Å². The van der Waals surface area contributed by atoms with Crippen LogP contribution in [0.4, 0.5) is 34.9 Å². The first kappa shape index (κ1) is 26.9. The van der Waals surface area contributed by atoms with Gasteiger partial charge in [-0.1, -0.05) is 0 Å². The van der Waals surface area contributed by atoms with Gasteiger partial charge in [0, 0.05) is 85.3 Å². The Kier molecular flexibility index (Phi) is 7.80. The maximum absolute atomic E-state index is 10.5. The third-order valence-electron chi connectivity index (χ3n) is 6.70. The van der Waals surface area contributed by atoms with Gasteiger partial charge in [-0.3, -0.25) is 9.80 Å². The Morgan fingerprint density at radius 3 is 1.43 bits per heavy atom. The molecule has 4 aromatic rings. The maximum Gasteiger partial charge on any atom is 0.222 e. The summed E-state index contributed by atoms with van der Waals surface area (Å²) < 4.78 is 0. The van der Waals surface area contributed by atoms with Gasteiger partial charge in [-0.25, -0.2) is 9.97 Å². The van der Waals surface area contributed by atoms with Gasteiger partial charge in [0.15, 0.2) is 0 Å². The number of aromatic nitrogens is 4. The van der Waals surface area contributed by atoms with E-state index in [2.05, 4.69) is 40.4 Å². The lowest BCUT2D eigenvalue weighted by Crippen LogP contribution is -2.45. The van der Waals surface area contributed by atoms with Crippen molar-refractivity contribution in [1.82, 2.24) is 29.7 Å². The molecule has 12 heteroatoms. The van der Waals surface area contributed by atoms with Crippen molar-refractivity contribution in [3.8, 4) is 11.5 Å². The van der Waals surface area contributed by atoms with Gasteiger partial charge in [0.2, 0.25) is 11.9 Å². The van der Waals surface area contributed by atoms with Crippen molar-refractivity contribution in [3.63, 3.8) is 0 Å². The number of rotatable bonds is 8. The molecule has 0 radical (unpaired) electrons. The maximum atomic E-state index is 10.5. The van der Waals surface area contributed by atoms with E-state index in [-0.39, 0.29) is 23.4 Å². The standard InChI is InChI=1S/C28H34N10O2/c1-17-11-25(35-27(29)31-17)33-21-3-5-23(39)19(13-21)15-37-7-9-38(10-8-37)16-20-14-22(4-6-24(20)40)34-26-12-18(2)32-28(30)36-26/h3-6,11-14,39-40H,7-10,15-16H2,1-2H3,(H3,29,31,33,35)(H3,30,32,34,36). The fourth-order valence-corrected chi connectivity index (χ4v) is 4.77. The Labute approximate surface area is 232 Å². The minimum absolute atomic E-state index is 0.210. The Hall–Kier alpha value is -4.68. The monoisotopic (exact) mass is 542 g/mol. The van der Waals surface area contributed by atoms with Crippen molar-refractivity contribution in [2.24, 2.45) is 0 Å². The second kappa shape index (κ2) is 11.6. The van der Waals surface area contributed by atoms with E-state index in [0.717, 1.165) is 60.1 Å². The van der Waals surface area contributed by atoms with Gasteiger partial charge < -0.3 is 32.3 Å². The number of nitrogens with one attached hydrogen (secondary N) is 2. The van der Waals surface area contributed by atoms with E-state index in [1.165, 1.54) is 0 Å². The first-order valence-electron chi connectivity index (χ1n) is 13.0. The van der Waals surface area contributed by atoms with E-state index < -0.39 is 0 Å². The van der Waals surface area contributed by atoms with E-state index in [0.29, 0.717) is 24.7 Å². The first-order chi connectivity index (χ1) is 19.2. The van der Waals surface area contributed by atoms with Gasteiger partial charge in [-0.15, -0.1) is 0 Å². The van der Waals surface area contributed by atoms with E-state index in [4.69, 9.17) is 11.5 Å². The molecule has 0 bridgehead atoms. The van der Waals surface area contributed by atoms with Gasteiger partial charge in [0.05, 0.1) is 0 Å². The number of piperazine rings is 1. The predicted molar refractivity (Wildman–Crippen MR) is 156 cm³/mol. The zero-order valence-corrected chi connectivity index (χ0v) is 22.6. The molecule has 12 nitrogen and oxygen atoms in total. The molecule has 0 saturated carbocycles. The average molecular weight is 543 g/mol. The summed E-state index contributed by atoms with van der Waals surface area (Å²) in [6.45, 7) is 8.27. The van der Waals surface area contributed by atoms with Crippen molar-refractivity contribution in [1.29, 1.82) is 0 Å². The Morgan fingerprint density at radius 2 is 1.05 bits per heavy atom. The number of nitrogens with two attached hydrogens (primary N) is 2. The molecule has 0 unspecified atom stereocenters. The van der Waals surface area contributed by atoms with Crippen LogP contribution in [-0.4, -0.2) is 66.1 Å². The van der Waals surface area contributed by atoms with E-state index in [9.17, 15) is 10.2 Å². The molecule has 0 atom stereocenters. The molecule has 1 aliphatic rings. The van der Waals surface area contributed by atoms with Gasteiger partial charge >= 0.3 is 0 Å². The summed E-state index contributed by atoms with van der Waals surface area (Å²) in [7, 11) is 0. The van der Waals surface area contributed by atoms with E-state index >= 15 is 0 Å². The van der Waals surface area contributed by atoms with Gasteiger partial charge in [-0.05, 0) is 50.2 Å². The van der Waals surface area contributed by atoms with E-state index in [1.807, 2.05) is 38.1 Å². The highest BCUT2D eigenvalue weighted by Gasteiger charge is 2.20. The first-order valence-corrected chi connectivity index (χ1v) is 13.0. The molecule has 5 rings (SSSR count). The molecule has 40 heavy (non-hydrogen) atoms. The van der Waals surface area contributed by atoms with Crippen molar-refractivity contribution in [3.05, 3.63) is 71.0 Å². The van der Waals surface area contributed by atoms with Crippen molar-refractivity contribution in [2.45, 2.75) is 26.9 Å². The van der Waals surface area contributed by atoms with Gasteiger partial charge in [0.25, 0.3) is 0 Å². The van der Waals surface area contributed by atoms with Crippen LogP contribution in [-0.2, 0) is 13.1 Å². The van der Waals surface area contributed by atoms with Crippen molar-refractivity contribution in [2.75, 3.05) is 48.3 Å². The topological polar surface area (TPSA) is 175 Å². The third kappa shape index (κ3) is 6.84. The number of benzene rings is 2. The minimum Gasteiger partial charge on any atom is -0.508 e. The lowest BCUT2D eigenvalue weighted by molar-refractivity contribution is 0.120. The quantitative estimate of drug-likeness (QED) is 0.180. The number of phenolic OH excluding ortho intramolecular Hbond substituents is 2.